The number of hydrogen-bond acceptors (Lipinski definition) is 2. The number of rotatable bonds is 8. The van der Waals surface area contributed by atoms with Crippen molar-refractivity contribution < 1.29 is 9.59 Å². The Kier molecular flexibility index (Phi) is 7.53. The Hall–Kier alpha value is -1.06. The molecule has 4 nitrogen and oxygen atoms in total. The van der Waals surface area contributed by atoms with Gasteiger partial charge in [0.15, 0.2) is 0 Å². The molecule has 0 heterocycles. The van der Waals surface area contributed by atoms with Crippen molar-refractivity contribution in [3.05, 3.63) is 0 Å². The van der Waals surface area contributed by atoms with Crippen LogP contribution in [-0.4, -0.2) is 24.9 Å². The molecule has 0 spiro atoms. The third-order valence-electron chi connectivity index (χ3n) is 4.12. The van der Waals surface area contributed by atoms with Gasteiger partial charge in [0.1, 0.15) is 0 Å². The van der Waals surface area contributed by atoms with Crippen LogP contribution < -0.4 is 10.6 Å². The van der Waals surface area contributed by atoms with Crippen molar-refractivity contribution in [3.8, 4) is 0 Å². The highest BCUT2D eigenvalue weighted by molar-refractivity contribution is 5.80. The molecule has 1 aliphatic carbocycles. The second-order valence-electron chi connectivity index (χ2n) is 5.51. The van der Waals surface area contributed by atoms with Crippen LogP contribution in [0, 0.1) is 11.8 Å². The molecule has 2 N–H and O–H groups in total. The lowest BCUT2D eigenvalue weighted by molar-refractivity contribution is -0.125. The lowest BCUT2D eigenvalue weighted by atomic mass is 10.0. The van der Waals surface area contributed by atoms with Gasteiger partial charge in [0.2, 0.25) is 11.8 Å². The van der Waals surface area contributed by atoms with Gasteiger partial charge in [-0.25, -0.2) is 0 Å². The summed E-state index contributed by atoms with van der Waals surface area (Å²) in [6.45, 7) is 5.50. The Morgan fingerprint density at radius 1 is 1.11 bits per heavy atom. The first kappa shape index (κ1) is 16.0. The van der Waals surface area contributed by atoms with Crippen molar-refractivity contribution in [2.24, 2.45) is 11.8 Å². The molecule has 0 saturated heterocycles. The molecular weight excluding hydrogens is 240 g/mol. The first-order valence-corrected chi connectivity index (χ1v) is 7.71. The SMILES string of the molecule is CCC(CC)CNC(=O)CCNC(=O)C1CCCC1. The van der Waals surface area contributed by atoms with E-state index >= 15 is 0 Å². The van der Waals surface area contributed by atoms with E-state index in [4.69, 9.17) is 0 Å². The van der Waals surface area contributed by atoms with Gasteiger partial charge in [-0.2, -0.15) is 0 Å². The molecule has 0 unspecified atom stereocenters. The van der Waals surface area contributed by atoms with Gasteiger partial charge in [-0.3, -0.25) is 9.59 Å². The summed E-state index contributed by atoms with van der Waals surface area (Å²) in [6.07, 6.45) is 6.91. The zero-order valence-electron chi connectivity index (χ0n) is 12.3. The monoisotopic (exact) mass is 268 g/mol. The highest BCUT2D eigenvalue weighted by Gasteiger charge is 2.22. The van der Waals surface area contributed by atoms with Crippen LogP contribution >= 0.6 is 0 Å². The van der Waals surface area contributed by atoms with Gasteiger partial charge < -0.3 is 10.6 Å². The Morgan fingerprint density at radius 2 is 1.74 bits per heavy atom. The molecule has 1 fully saturated rings. The van der Waals surface area contributed by atoms with Crippen LogP contribution in [0.3, 0.4) is 0 Å². The molecule has 0 bridgehead atoms. The summed E-state index contributed by atoms with van der Waals surface area (Å²) in [4.78, 5) is 23.4. The molecule has 0 atom stereocenters. The molecule has 1 aliphatic rings. The maximum atomic E-state index is 11.7. The van der Waals surface area contributed by atoms with Crippen molar-refractivity contribution in [3.63, 3.8) is 0 Å². The molecular formula is C15H28N2O2. The molecule has 2 amide bonds. The third-order valence-corrected chi connectivity index (χ3v) is 4.12. The second-order valence-corrected chi connectivity index (χ2v) is 5.51. The number of carbonyl (C=O) groups is 2. The molecule has 0 aromatic rings. The molecule has 0 aromatic heterocycles. The summed E-state index contributed by atoms with van der Waals surface area (Å²) in [7, 11) is 0. The van der Waals surface area contributed by atoms with Crippen LogP contribution in [0.2, 0.25) is 0 Å². The standard InChI is InChI=1S/C15H28N2O2/c1-3-12(4-2)11-17-14(18)9-10-16-15(19)13-7-5-6-8-13/h12-13H,3-11H2,1-2H3,(H,16,19)(H,17,18). The maximum absolute atomic E-state index is 11.7. The van der Waals surface area contributed by atoms with E-state index in [1.807, 2.05) is 0 Å². The second kappa shape index (κ2) is 8.94. The van der Waals surface area contributed by atoms with Gasteiger partial charge >= 0.3 is 0 Å². The van der Waals surface area contributed by atoms with Crippen LogP contribution in [0.1, 0.15) is 58.8 Å². The van der Waals surface area contributed by atoms with E-state index in [2.05, 4.69) is 24.5 Å². The fourth-order valence-electron chi connectivity index (χ4n) is 2.56. The van der Waals surface area contributed by atoms with Crippen molar-refractivity contribution in [2.45, 2.75) is 58.8 Å². The van der Waals surface area contributed by atoms with Crippen molar-refractivity contribution >= 4 is 11.8 Å². The summed E-state index contributed by atoms with van der Waals surface area (Å²) in [6, 6.07) is 0. The minimum absolute atomic E-state index is 0.0404. The highest BCUT2D eigenvalue weighted by atomic mass is 16.2. The average Bonchev–Trinajstić information content (AvgIpc) is 2.93. The van der Waals surface area contributed by atoms with Gasteiger partial charge in [0, 0.05) is 25.4 Å². The van der Waals surface area contributed by atoms with Crippen molar-refractivity contribution in [2.75, 3.05) is 13.1 Å². The maximum Gasteiger partial charge on any atom is 0.223 e. The Bertz CT molecular complexity index is 282. The highest BCUT2D eigenvalue weighted by Crippen LogP contribution is 2.24. The van der Waals surface area contributed by atoms with Crippen LogP contribution in [0.15, 0.2) is 0 Å². The molecule has 4 heteroatoms. The van der Waals surface area contributed by atoms with Gasteiger partial charge in [-0.05, 0) is 18.8 Å². The third kappa shape index (κ3) is 6.08. The van der Waals surface area contributed by atoms with Crippen LogP contribution in [-0.2, 0) is 9.59 Å². The van der Waals surface area contributed by atoms with E-state index in [-0.39, 0.29) is 17.7 Å². The molecule has 19 heavy (non-hydrogen) atoms. The quantitative estimate of drug-likeness (QED) is 0.709. The summed E-state index contributed by atoms with van der Waals surface area (Å²) >= 11 is 0. The normalized spacial score (nSPS) is 15.7. The topological polar surface area (TPSA) is 58.2 Å². The van der Waals surface area contributed by atoms with E-state index in [0.29, 0.717) is 18.9 Å². The molecule has 0 aliphatic heterocycles. The first-order chi connectivity index (χ1) is 9.17. The summed E-state index contributed by atoms with van der Waals surface area (Å²) in [5, 5.41) is 5.81. The van der Waals surface area contributed by atoms with Gasteiger partial charge in [0.05, 0.1) is 0 Å². The van der Waals surface area contributed by atoms with Crippen LogP contribution in [0.25, 0.3) is 0 Å². The minimum Gasteiger partial charge on any atom is -0.356 e. The number of carbonyl (C=O) groups excluding carboxylic acids is 2. The van der Waals surface area contributed by atoms with Crippen molar-refractivity contribution in [1.29, 1.82) is 0 Å². The molecule has 0 aromatic carbocycles. The van der Waals surface area contributed by atoms with Gasteiger partial charge in [-0.15, -0.1) is 0 Å². The number of hydrogen-bond donors (Lipinski definition) is 2. The summed E-state index contributed by atoms with van der Waals surface area (Å²) in [5.41, 5.74) is 0. The molecule has 110 valence electrons. The largest absolute Gasteiger partial charge is 0.356 e. The van der Waals surface area contributed by atoms with E-state index in [1.54, 1.807) is 0 Å². The lowest BCUT2D eigenvalue weighted by Crippen LogP contribution is -2.35. The summed E-state index contributed by atoms with van der Waals surface area (Å²) in [5.74, 6) is 0.925. The van der Waals surface area contributed by atoms with Crippen molar-refractivity contribution in [1.82, 2.24) is 10.6 Å². The predicted molar refractivity (Wildman–Crippen MR) is 76.7 cm³/mol. The fourth-order valence-corrected chi connectivity index (χ4v) is 2.56. The van der Waals surface area contributed by atoms with E-state index < -0.39 is 0 Å². The molecule has 0 radical (unpaired) electrons. The average molecular weight is 268 g/mol. The van der Waals surface area contributed by atoms with Crippen LogP contribution in [0.4, 0.5) is 0 Å². The lowest BCUT2D eigenvalue weighted by Gasteiger charge is -2.14. The minimum atomic E-state index is 0.0404. The summed E-state index contributed by atoms with van der Waals surface area (Å²) < 4.78 is 0. The van der Waals surface area contributed by atoms with E-state index in [0.717, 1.165) is 45.1 Å². The number of amides is 2. The number of nitrogens with one attached hydrogen (secondary N) is 2. The Morgan fingerprint density at radius 3 is 2.32 bits per heavy atom. The Balaban J connectivity index is 2.07. The zero-order valence-corrected chi connectivity index (χ0v) is 12.3. The smallest absolute Gasteiger partial charge is 0.223 e. The fraction of sp³-hybridized carbons (Fsp3) is 0.867. The van der Waals surface area contributed by atoms with Gasteiger partial charge in [-0.1, -0.05) is 39.5 Å². The van der Waals surface area contributed by atoms with E-state index in [1.165, 1.54) is 0 Å². The predicted octanol–water partition coefficient (Wildman–Crippen LogP) is 2.24. The van der Waals surface area contributed by atoms with E-state index in [9.17, 15) is 9.59 Å². The molecule has 1 rings (SSSR count). The van der Waals surface area contributed by atoms with Crippen LogP contribution in [0.5, 0.6) is 0 Å². The zero-order chi connectivity index (χ0) is 14.1. The first-order valence-electron chi connectivity index (χ1n) is 7.71. The Labute approximate surface area is 116 Å². The molecule has 1 saturated carbocycles. The van der Waals surface area contributed by atoms with Gasteiger partial charge in [0.25, 0.3) is 0 Å².